The number of hydrogen-bond acceptors (Lipinski definition) is 4. The van der Waals surface area contributed by atoms with Gasteiger partial charge >= 0.3 is 0 Å². The Morgan fingerprint density at radius 1 is 1.10 bits per heavy atom. The third kappa shape index (κ3) is 5.58. The number of carbonyl (C=O) groups excluding carboxylic acids is 1. The van der Waals surface area contributed by atoms with Gasteiger partial charge in [-0.3, -0.25) is 4.79 Å². The van der Waals surface area contributed by atoms with Crippen molar-refractivity contribution in [2.24, 2.45) is 5.10 Å². The van der Waals surface area contributed by atoms with Crippen molar-refractivity contribution in [1.82, 2.24) is 5.43 Å². The lowest BCUT2D eigenvalue weighted by Crippen LogP contribution is -2.18. The van der Waals surface area contributed by atoms with Crippen molar-refractivity contribution < 1.29 is 18.7 Å². The van der Waals surface area contributed by atoms with Crippen LogP contribution in [0.25, 0.3) is 0 Å². The van der Waals surface area contributed by atoms with E-state index in [1.807, 2.05) is 6.92 Å². The molecule has 0 fully saturated rings. The smallest absolute Gasteiger partial charge is 0.272 e. The van der Waals surface area contributed by atoms with Crippen LogP contribution in [0, 0.1) is 12.7 Å². The van der Waals surface area contributed by atoms with Crippen molar-refractivity contribution in [3.8, 4) is 11.5 Å². The summed E-state index contributed by atoms with van der Waals surface area (Å²) in [6.07, 6.45) is 1.49. The maximum atomic E-state index is 13.0. The standard InChI is InChI=1S/C23H20ClFN2O3/c1-15-3-9-19(20(24)11-15)23(28)27-26-13-17-6-10-21(22(12-17)29-2)30-14-16-4-7-18(25)8-5-16/h3-13H,14H2,1-2H3,(H,27,28)/b26-13-. The summed E-state index contributed by atoms with van der Waals surface area (Å²) in [5.74, 6) is 0.350. The second-order valence-electron chi connectivity index (χ2n) is 6.51. The molecule has 7 heteroatoms. The summed E-state index contributed by atoms with van der Waals surface area (Å²) in [4.78, 5) is 12.2. The van der Waals surface area contributed by atoms with E-state index in [-0.39, 0.29) is 12.4 Å². The van der Waals surface area contributed by atoms with Crippen molar-refractivity contribution in [2.45, 2.75) is 13.5 Å². The number of ether oxygens (including phenoxy) is 2. The minimum Gasteiger partial charge on any atom is -0.493 e. The van der Waals surface area contributed by atoms with Gasteiger partial charge in [0.15, 0.2) is 11.5 Å². The summed E-state index contributed by atoms with van der Waals surface area (Å²) in [6.45, 7) is 2.17. The molecule has 30 heavy (non-hydrogen) atoms. The Bertz CT molecular complexity index is 1070. The zero-order chi connectivity index (χ0) is 21.5. The highest BCUT2D eigenvalue weighted by atomic mass is 35.5. The minimum absolute atomic E-state index is 0.275. The number of rotatable bonds is 7. The molecule has 0 spiro atoms. The molecule has 3 aromatic rings. The number of aryl methyl sites for hydroxylation is 1. The first-order valence-corrected chi connectivity index (χ1v) is 9.49. The largest absolute Gasteiger partial charge is 0.493 e. The fourth-order valence-electron chi connectivity index (χ4n) is 2.66. The number of carbonyl (C=O) groups is 1. The van der Waals surface area contributed by atoms with Crippen molar-refractivity contribution in [3.63, 3.8) is 0 Å². The van der Waals surface area contributed by atoms with Gasteiger partial charge in [0.05, 0.1) is 23.9 Å². The van der Waals surface area contributed by atoms with Crippen LogP contribution in [0.5, 0.6) is 11.5 Å². The average Bonchev–Trinajstić information content (AvgIpc) is 2.73. The van der Waals surface area contributed by atoms with Gasteiger partial charge in [-0.1, -0.05) is 29.8 Å². The molecular formula is C23H20ClFN2O3. The quantitative estimate of drug-likeness (QED) is 0.420. The van der Waals surface area contributed by atoms with E-state index in [1.165, 1.54) is 25.5 Å². The Morgan fingerprint density at radius 3 is 2.57 bits per heavy atom. The third-order valence-corrected chi connectivity index (χ3v) is 4.56. The molecule has 154 valence electrons. The highest BCUT2D eigenvalue weighted by Gasteiger charge is 2.09. The lowest BCUT2D eigenvalue weighted by molar-refractivity contribution is 0.0955. The minimum atomic E-state index is -0.400. The summed E-state index contributed by atoms with van der Waals surface area (Å²) in [5.41, 5.74) is 5.31. The normalized spacial score (nSPS) is 10.8. The fourth-order valence-corrected chi connectivity index (χ4v) is 2.98. The number of hydrazone groups is 1. The van der Waals surface area contributed by atoms with Crippen LogP contribution in [-0.4, -0.2) is 19.2 Å². The fraction of sp³-hybridized carbons (Fsp3) is 0.130. The Balaban J connectivity index is 1.63. The Hall–Kier alpha value is -3.38. The second kappa shape index (κ2) is 9.89. The molecule has 1 N–H and O–H groups in total. The van der Waals surface area contributed by atoms with Crippen LogP contribution < -0.4 is 14.9 Å². The van der Waals surface area contributed by atoms with Crippen molar-refractivity contribution >= 4 is 23.7 Å². The molecule has 0 unspecified atom stereocenters. The van der Waals surface area contributed by atoms with Gasteiger partial charge in [0.25, 0.3) is 5.91 Å². The van der Waals surface area contributed by atoms with Crippen LogP contribution in [0.4, 0.5) is 4.39 Å². The monoisotopic (exact) mass is 426 g/mol. The number of nitrogens with zero attached hydrogens (tertiary/aromatic N) is 1. The van der Waals surface area contributed by atoms with Gasteiger partial charge in [0, 0.05) is 0 Å². The first kappa shape index (κ1) is 21.3. The third-order valence-electron chi connectivity index (χ3n) is 4.24. The van der Waals surface area contributed by atoms with Crippen LogP contribution in [-0.2, 0) is 6.61 Å². The van der Waals surface area contributed by atoms with Gasteiger partial charge < -0.3 is 9.47 Å². The maximum absolute atomic E-state index is 13.0. The SMILES string of the molecule is COc1cc(/C=N\NC(=O)c2ccc(C)cc2Cl)ccc1OCc1ccc(F)cc1. The topological polar surface area (TPSA) is 59.9 Å². The van der Waals surface area contributed by atoms with Gasteiger partial charge in [-0.15, -0.1) is 0 Å². The average molecular weight is 427 g/mol. The van der Waals surface area contributed by atoms with E-state index in [2.05, 4.69) is 10.5 Å². The summed E-state index contributed by atoms with van der Waals surface area (Å²) in [6, 6.07) is 16.5. The van der Waals surface area contributed by atoms with Crippen LogP contribution in [0.15, 0.2) is 65.8 Å². The summed E-state index contributed by atoms with van der Waals surface area (Å²) < 4.78 is 24.1. The van der Waals surface area contributed by atoms with Crippen LogP contribution >= 0.6 is 11.6 Å². The van der Waals surface area contributed by atoms with Crippen LogP contribution in [0.3, 0.4) is 0 Å². The van der Waals surface area contributed by atoms with E-state index in [9.17, 15) is 9.18 Å². The molecule has 3 rings (SSSR count). The lowest BCUT2D eigenvalue weighted by Gasteiger charge is -2.11. The maximum Gasteiger partial charge on any atom is 0.272 e. The summed E-state index contributed by atoms with van der Waals surface area (Å²) in [7, 11) is 1.53. The molecule has 0 bridgehead atoms. The van der Waals surface area contributed by atoms with E-state index in [0.717, 1.165) is 11.1 Å². The lowest BCUT2D eigenvalue weighted by atomic mass is 10.1. The van der Waals surface area contributed by atoms with E-state index in [4.69, 9.17) is 21.1 Å². The molecule has 3 aromatic carbocycles. The highest BCUT2D eigenvalue weighted by molar-refractivity contribution is 6.33. The summed E-state index contributed by atoms with van der Waals surface area (Å²) >= 11 is 6.10. The molecule has 0 aliphatic rings. The zero-order valence-electron chi connectivity index (χ0n) is 16.5. The number of amides is 1. The molecule has 0 atom stereocenters. The van der Waals surface area contributed by atoms with Gasteiger partial charge in [-0.25, -0.2) is 9.82 Å². The van der Waals surface area contributed by atoms with Crippen molar-refractivity contribution in [2.75, 3.05) is 7.11 Å². The second-order valence-corrected chi connectivity index (χ2v) is 6.92. The molecule has 0 aromatic heterocycles. The van der Waals surface area contributed by atoms with Crippen molar-refractivity contribution in [3.05, 3.63) is 93.8 Å². The van der Waals surface area contributed by atoms with Gasteiger partial charge in [-0.05, 0) is 66.1 Å². The molecule has 0 saturated heterocycles. The van der Waals surface area contributed by atoms with Gasteiger partial charge in [0.1, 0.15) is 12.4 Å². The first-order chi connectivity index (χ1) is 14.5. The molecular weight excluding hydrogens is 407 g/mol. The number of methoxy groups -OCH3 is 1. The van der Waals surface area contributed by atoms with E-state index in [0.29, 0.717) is 27.6 Å². The zero-order valence-corrected chi connectivity index (χ0v) is 17.2. The molecule has 0 aliphatic heterocycles. The molecule has 0 saturated carbocycles. The molecule has 1 amide bonds. The number of nitrogens with one attached hydrogen (secondary N) is 1. The Labute approximate surface area is 179 Å². The predicted octanol–water partition coefficient (Wildman–Crippen LogP) is 5.14. The van der Waals surface area contributed by atoms with E-state index < -0.39 is 5.91 Å². The summed E-state index contributed by atoms with van der Waals surface area (Å²) in [5, 5.41) is 4.34. The van der Waals surface area contributed by atoms with E-state index >= 15 is 0 Å². The van der Waals surface area contributed by atoms with Crippen LogP contribution in [0.1, 0.15) is 27.0 Å². The Morgan fingerprint density at radius 2 is 1.87 bits per heavy atom. The predicted molar refractivity (Wildman–Crippen MR) is 115 cm³/mol. The molecule has 0 heterocycles. The molecule has 0 radical (unpaired) electrons. The number of benzene rings is 3. The number of hydrogen-bond donors (Lipinski definition) is 1. The highest BCUT2D eigenvalue weighted by Crippen LogP contribution is 2.28. The molecule has 5 nitrogen and oxygen atoms in total. The van der Waals surface area contributed by atoms with E-state index in [1.54, 1.807) is 48.5 Å². The first-order valence-electron chi connectivity index (χ1n) is 9.11. The van der Waals surface area contributed by atoms with Crippen molar-refractivity contribution in [1.29, 1.82) is 0 Å². The van der Waals surface area contributed by atoms with Gasteiger partial charge in [0.2, 0.25) is 0 Å². The van der Waals surface area contributed by atoms with Gasteiger partial charge in [-0.2, -0.15) is 5.10 Å². The molecule has 0 aliphatic carbocycles. The Kier molecular flexibility index (Phi) is 7.03. The van der Waals surface area contributed by atoms with Crippen LogP contribution in [0.2, 0.25) is 5.02 Å². The number of halogens is 2.